The van der Waals surface area contributed by atoms with Crippen molar-refractivity contribution in [3.63, 3.8) is 0 Å². The molecule has 0 aliphatic carbocycles. The van der Waals surface area contributed by atoms with Crippen molar-refractivity contribution in [2.45, 2.75) is 6.92 Å². The van der Waals surface area contributed by atoms with E-state index < -0.39 is 0 Å². The molecule has 0 radical (unpaired) electrons. The van der Waals surface area contributed by atoms with E-state index in [4.69, 9.17) is 5.11 Å². The van der Waals surface area contributed by atoms with Gasteiger partial charge in [0.1, 0.15) is 0 Å². The molecule has 6 heavy (non-hydrogen) atoms. The molecule has 0 aromatic carbocycles. The normalized spacial score (nSPS) is 9.67. The van der Waals surface area contributed by atoms with Gasteiger partial charge >= 0.3 is 44.6 Å². The van der Waals surface area contributed by atoms with Gasteiger partial charge in [0, 0.05) is 0 Å². The van der Waals surface area contributed by atoms with Crippen molar-refractivity contribution >= 4 is 4.57 Å². The maximum absolute atomic E-state index is 8.33. The van der Waals surface area contributed by atoms with Crippen LogP contribution in [0, 0.1) is 0 Å². The van der Waals surface area contributed by atoms with Crippen molar-refractivity contribution in [2.24, 2.45) is 0 Å². The summed E-state index contributed by atoms with van der Waals surface area (Å²) in [7, 11) is 0. The summed E-state index contributed by atoms with van der Waals surface area (Å²) in [5, 5.41) is 8.33. The van der Waals surface area contributed by atoms with Gasteiger partial charge in [-0.3, -0.25) is 0 Å². The van der Waals surface area contributed by atoms with E-state index >= 15 is 0 Å². The summed E-state index contributed by atoms with van der Waals surface area (Å²) in [5.41, 5.74) is 0. The second-order valence-corrected chi connectivity index (χ2v) is 1.49. The molecule has 2 heteroatoms. The van der Waals surface area contributed by atoms with Gasteiger partial charge in [0.05, 0.1) is 0 Å². The number of rotatable bonds is 1. The van der Waals surface area contributed by atoms with Crippen molar-refractivity contribution in [3.05, 3.63) is 12.2 Å². The SMILES string of the molecule is C/C=C/[C](O)=[Cr]. The maximum atomic E-state index is 8.33. The molecule has 0 aliphatic heterocycles. The van der Waals surface area contributed by atoms with Crippen LogP contribution in [0.3, 0.4) is 0 Å². The zero-order chi connectivity index (χ0) is 4.99. The zero-order valence-electron chi connectivity index (χ0n) is 3.51. The Labute approximate surface area is 45.3 Å². The summed E-state index contributed by atoms with van der Waals surface area (Å²) < 4.78 is 0.234. The van der Waals surface area contributed by atoms with Gasteiger partial charge in [0.25, 0.3) is 0 Å². The Kier molecular flexibility index (Phi) is 3.35. The van der Waals surface area contributed by atoms with Crippen LogP contribution in [0.15, 0.2) is 12.2 Å². The van der Waals surface area contributed by atoms with E-state index in [-0.39, 0.29) is 4.57 Å². The fourth-order valence-electron chi connectivity index (χ4n) is 0.143. The van der Waals surface area contributed by atoms with Gasteiger partial charge in [-0.1, -0.05) is 0 Å². The number of aliphatic hydroxyl groups excluding tert-OH is 1. The Bertz CT molecular complexity index is 75.6. The Hall–Kier alpha value is 0.102. The van der Waals surface area contributed by atoms with E-state index in [9.17, 15) is 0 Å². The first-order valence-corrected chi connectivity index (χ1v) is 2.26. The van der Waals surface area contributed by atoms with Gasteiger partial charge in [0.15, 0.2) is 0 Å². The second-order valence-electron chi connectivity index (χ2n) is 0.838. The van der Waals surface area contributed by atoms with Crippen LogP contribution in [-0.2, 0) is 15.9 Å². The molecule has 34 valence electrons. The fraction of sp³-hybridized carbons (Fsp3) is 0.250. The van der Waals surface area contributed by atoms with Crippen LogP contribution in [0.4, 0.5) is 0 Å². The van der Waals surface area contributed by atoms with Crippen LogP contribution in [0.5, 0.6) is 0 Å². The molecule has 0 amide bonds. The third kappa shape index (κ3) is 4.10. The van der Waals surface area contributed by atoms with Gasteiger partial charge in [-0.2, -0.15) is 0 Å². The first-order chi connectivity index (χ1) is 2.77. The summed E-state index contributed by atoms with van der Waals surface area (Å²) in [6.07, 6.45) is 3.34. The van der Waals surface area contributed by atoms with E-state index in [1.54, 1.807) is 12.2 Å². The van der Waals surface area contributed by atoms with Crippen LogP contribution in [0.2, 0.25) is 0 Å². The number of hydrogen-bond donors (Lipinski definition) is 1. The molecular formula is C4H6CrO. The molecule has 0 rings (SSSR count). The van der Waals surface area contributed by atoms with Crippen LogP contribution in [0.25, 0.3) is 0 Å². The van der Waals surface area contributed by atoms with Gasteiger partial charge in [0.2, 0.25) is 0 Å². The molecular weight excluding hydrogens is 116 g/mol. The van der Waals surface area contributed by atoms with E-state index in [1.165, 1.54) is 0 Å². The minimum atomic E-state index is 0.234. The number of hydrogen-bond acceptors (Lipinski definition) is 1. The van der Waals surface area contributed by atoms with Crippen LogP contribution in [-0.4, -0.2) is 9.67 Å². The first kappa shape index (κ1) is 6.10. The van der Waals surface area contributed by atoms with Crippen LogP contribution < -0.4 is 0 Å². The zero-order valence-corrected chi connectivity index (χ0v) is 4.79. The van der Waals surface area contributed by atoms with Crippen molar-refractivity contribution in [3.8, 4) is 0 Å². The molecule has 0 saturated heterocycles. The summed E-state index contributed by atoms with van der Waals surface area (Å²) in [4.78, 5) is 0. The van der Waals surface area contributed by atoms with Gasteiger partial charge in [-0.15, -0.1) is 0 Å². The summed E-state index contributed by atoms with van der Waals surface area (Å²) >= 11 is 2.43. The molecule has 1 nitrogen and oxygen atoms in total. The molecule has 1 N–H and O–H groups in total. The second kappa shape index (κ2) is 3.30. The summed E-state index contributed by atoms with van der Waals surface area (Å²) in [6.45, 7) is 1.84. The predicted molar refractivity (Wildman–Crippen MR) is 21.8 cm³/mol. The molecule has 0 bridgehead atoms. The monoisotopic (exact) mass is 122 g/mol. The van der Waals surface area contributed by atoms with Crippen molar-refractivity contribution in [2.75, 3.05) is 0 Å². The molecule has 0 aromatic rings. The average Bonchev–Trinajstić information content (AvgIpc) is 1.35. The standard InChI is InChI=1S/C4H6O.Cr/c1-2-3-4-5;/h2-3,5H,1H3;/b3-2+;. The molecule has 0 saturated carbocycles. The van der Waals surface area contributed by atoms with Crippen molar-refractivity contribution in [1.82, 2.24) is 0 Å². The van der Waals surface area contributed by atoms with E-state index in [0.717, 1.165) is 0 Å². The van der Waals surface area contributed by atoms with Gasteiger partial charge in [-0.25, -0.2) is 0 Å². The molecule has 0 fully saturated rings. The van der Waals surface area contributed by atoms with Crippen molar-refractivity contribution in [1.29, 1.82) is 0 Å². The van der Waals surface area contributed by atoms with E-state index in [1.807, 2.05) is 6.92 Å². The Morgan fingerprint density at radius 3 is 2.33 bits per heavy atom. The molecule has 0 spiro atoms. The van der Waals surface area contributed by atoms with E-state index in [0.29, 0.717) is 0 Å². The summed E-state index contributed by atoms with van der Waals surface area (Å²) in [6, 6.07) is 0. The molecule has 0 unspecified atom stereocenters. The molecule has 0 heterocycles. The van der Waals surface area contributed by atoms with Crippen LogP contribution in [0.1, 0.15) is 6.92 Å². The quantitative estimate of drug-likeness (QED) is 0.540. The van der Waals surface area contributed by atoms with Crippen molar-refractivity contribution < 1.29 is 21.0 Å². The summed E-state index contributed by atoms with van der Waals surface area (Å²) in [5.74, 6) is 0. The average molecular weight is 122 g/mol. The molecule has 0 atom stereocenters. The van der Waals surface area contributed by atoms with E-state index in [2.05, 4.69) is 15.9 Å². The predicted octanol–water partition coefficient (Wildman–Crippen LogP) is 0.612. The molecule has 0 aromatic heterocycles. The fourth-order valence-corrected chi connectivity index (χ4v) is 0.355. The third-order valence-corrected chi connectivity index (χ3v) is 0.522. The Morgan fingerprint density at radius 2 is 2.33 bits per heavy atom. The Morgan fingerprint density at radius 1 is 1.83 bits per heavy atom. The van der Waals surface area contributed by atoms with Crippen LogP contribution >= 0.6 is 0 Å². The van der Waals surface area contributed by atoms with Gasteiger partial charge in [-0.05, 0) is 0 Å². The Balaban J connectivity index is 3.30. The minimum absolute atomic E-state index is 0.234. The topological polar surface area (TPSA) is 20.2 Å². The third-order valence-electron chi connectivity index (χ3n) is 0.309. The molecule has 0 aliphatic rings. The number of aliphatic hydroxyl groups is 1. The van der Waals surface area contributed by atoms with Gasteiger partial charge < -0.3 is 0 Å². The first-order valence-electron chi connectivity index (χ1n) is 1.63. The number of allylic oxidation sites excluding steroid dienone is 1.